The lowest BCUT2D eigenvalue weighted by atomic mass is 10.2. The van der Waals surface area contributed by atoms with E-state index in [1.54, 1.807) is 6.92 Å². The fourth-order valence-electron chi connectivity index (χ4n) is 0.675. The fourth-order valence-corrected chi connectivity index (χ4v) is 1.28. The molecule has 0 rings (SSSR count). The molecular weight excluding hydrogens is 153 g/mol. The summed E-state index contributed by atoms with van der Waals surface area (Å²) in [5.74, 6) is 0. The van der Waals surface area contributed by atoms with Crippen molar-refractivity contribution < 1.29 is 14.4 Å². The van der Waals surface area contributed by atoms with Crippen LogP contribution < -0.4 is 5.73 Å². The third-order valence-corrected chi connectivity index (χ3v) is 2.65. The SMILES string of the molecule is CC(N)CC(C)P(=O)(O)O. The largest absolute Gasteiger partial charge is 0.328 e. The normalized spacial score (nSPS) is 18.5. The molecule has 2 atom stereocenters. The van der Waals surface area contributed by atoms with Crippen LogP contribution >= 0.6 is 7.60 Å². The van der Waals surface area contributed by atoms with Gasteiger partial charge in [-0.05, 0) is 13.3 Å². The van der Waals surface area contributed by atoms with Gasteiger partial charge in [0.05, 0.1) is 5.66 Å². The van der Waals surface area contributed by atoms with Crippen LogP contribution in [0, 0.1) is 0 Å². The highest BCUT2D eigenvalue weighted by molar-refractivity contribution is 7.52. The minimum Gasteiger partial charge on any atom is -0.328 e. The molecule has 0 spiro atoms. The van der Waals surface area contributed by atoms with Gasteiger partial charge in [-0.1, -0.05) is 6.92 Å². The van der Waals surface area contributed by atoms with Crippen molar-refractivity contribution in [3.8, 4) is 0 Å². The molecule has 0 saturated carbocycles. The van der Waals surface area contributed by atoms with Crippen molar-refractivity contribution in [2.24, 2.45) is 5.73 Å². The summed E-state index contributed by atoms with van der Waals surface area (Å²) in [6.07, 6.45) is 0.365. The van der Waals surface area contributed by atoms with Gasteiger partial charge in [-0.2, -0.15) is 0 Å². The van der Waals surface area contributed by atoms with E-state index in [0.29, 0.717) is 6.42 Å². The van der Waals surface area contributed by atoms with Gasteiger partial charge in [-0.3, -0.25) is 4.57 Å². The quantitative estimate of drug-likeness (QED) is 0.527. The minimum absolute atomic E-state index is 0.150. The molecule has 5 heteroatoms. The van der Waals surface area contributed by atoms with Crippen LogP contribution in [-0.4, -0.2) is 21.5 Å². The average molecular weight is 167 g/mol. The standard InChI is InChI=1S/C5H14NO3P/c1-4(6)3-5(2)10(7,8)9/h4-5H,3,6H2,1-2H3,(H2,7,8,9). The topological polar surface area (TPSA) is 83.6 Å². The molecule has 4 nitrogen and oxygen atoms in total. The van der Waals surface area contributed by atoms with Crippen LogP contribution in [0.15, 0.2) is 0 Å². The lowest BCUT2D eigenvalue weighted by Gasteiger charge is -2.14. The first kappa shape index (κ1) is 10.1. The fraction of sp³-hybridized carbons (Fsp3) is 1.00. The predicted octanol–water partition coefficient (Wildman–Crippen LogP) is 0.290. The molecule has 0 aromatic rings. The van der Waals surface area contributed by atoms with E-state index in [2.05, 4.69) is 0 Å². The van der Waals surface area contributed by atoms with E-state index in [4.69, 9.17) is 15.5 Å². The Hall–Kier alpha value is 0.110. The highest BCUT2D eigenvalue weighted by Gasteiger charge is 2.24. The number of hydrogen-bond donors (Lipinski definition) is 3. The summed E-state index contributed by atoms with van der Waals surface area (Å²) < 4.78 is 10.5. The van der Waals surface area contributed by atoms with E-state index in [-0.39, 0.29) is 6.04 Å². The van der Waals surface area contributed by atoms with Crippen molar-refractivity contribution in [3.05, 3.63) is 0 Å². The Morgan fingerprint density at radius 3 is 2.00 bits per heavy atom. The Morgan fingerprint density at radius 2 is 1.90 bits per heavy atom. The molecule has 0 radical (unpaired) electrons. The summed E-state index contributed by atoms with van der Waals surface area (Å²) in [5.41, 5.74) is 4.73. The lowest BCUT2D eigenvalue weighted by Crippen LogP contribution is -2.20. The van der Waals surface area contributed by atoms with Crippen LogP contribution in [0.3, 0.4) is 0 Å². The number of nitrogens with two attached hydrogens (primary N) is 1. The Bertz CT molecular complexity index is 142. The van der Waals surface area contributed by atoms with Gasteiger partial charge >= 0.3 is 7.60 Å². The average Bonchev–Trinajstić information content (AvgIpc) is 1.60. The van der Waals surface area contributed by atoms with E-state index >= 15 is 0 Å². The van der Waals surface area contributed by atoms with Crippen LogP contribution in [-0.2, 0) is 4.57 Å². The molecule has 0 heterocycles. The van der Waals surface area contributed by atoms with Crippen LogP contribution in [0.25, 0.3) is 0 Å². The molecule has 0 aliphatic heterocycles. The summed E-state index contributed by atoms with van der Waals surface area (Å²) in [5, 5.41) is 0. The van der Waals surface area contributed by atoms with Crippen LogP contribution in [0.5, 0.6) is 0 Å². The molecule has 4 N–H and O–H groups in total. The molecule has 2 unspecified atom stereocenters. The molecular formula is C5H14NO3P. The number of rotatable bonds is 3. The molecule has 0 saturated heterocycles. The number of hydrogen-bond acceptors (Lipinski definition) is 2. The molecule has 0 aliphatic rings. The summed E-state index contributed by atoms with van der Waals surface area (Å²) in [6, 6.07) is -0.150. The Kier molecular flexibility index (Phi) is 3.52. The first-order chi connectivity index (χ1) is 4.34. The zero-order valence-electron chi connectivity index (χ0n) is 6.19. The van der Waals surface area contributed by atoms with E-state index in [0.717, 1.165) is 0 Å². The first-order valence-electron chi connectivity index (χ1n) is 3.15. The molecule has 0 aromatic heterocycles. The Morgan fingerprint density at radius 1 is 1.50 bits per heavy atom. The second kappa shape index (κ2) is 3.49. The first-order valence-corrected chi connectivity index (χ1v) is 4.83. The molecule has 0 bridgehead atoms. The van der Waals surface area contributed by atoms with E-state index in [9.17, 15) is 4.57 Å². The second-order valence-corrected chi connectivity index (χ2v) is 4.71. The second-order valence-electron chi connectivity index (χ2n) is 2.65. The molecule has 10 heavy (non-hydrogen) atoms. The zero-order valence-corrected chi connectivity index (χ0v) is 7.08. The van der Waals surface area contributed by atoms with Crippen molar-refractivity contribution in [3.63, 3.8) is 0 Å². The van der Waals surface area contributed by atoms with Crippen molar-refractivity contribution in [2.75, 3.05) is 0 Å². The maximum absolute atomic E-state index is 10.5. The van der Waals surface area contributed by atoms with Gasteiger partial charge in [-0.25, -0.2) is 0 Å². The van der Waals surface area contributed by atoms with Crippen molar-refractivity contribution in [1.82, 2.24) is 0 Å². The van der Waals surface area contributed by atoms with Gasteiger partial charge in [0.1, 0.15) is 0 Å². The van der Waals surface area contributed by atoms with E-state index < -0.39 is 13.3 Å². The summed E-state index contributed by atoms with van der Waals surface area (Å²) >= 11 is 0. The van der Waals surface area contributed by atoms with Gasteiger partial charge < -0.3 is 15.5 Å². The Balaban J connectivity index is 3.86. The highest BCUT2D eigenvalue weighted by Crippen LogP contribution is 2.42. The Labute approximate surface area is 60.6 Å². The van der Waals surface area contributed by atoms with Crippen LogP contribution in [0.1, 0.15) is 20.3 Å². The van der Waals surface area contributed by atoms with Crippen LogP contribution in [0.4, 0.5) is 0 Å². The molecule has 0 amide bonds. The molecule has 0 fully saturated rings. The third-order valence-electron chi connectivity index (χ3n) is 1.29. The highest BCUT2D eigenvalue weighted by atomic mass is 31.2. The van der Waals surface area contributed by atoms with Gasteiger partial charge in [0.2, 0.25) is 0 Å². The minimum atomic E-state index is -3.89. The predicted molar refractivity (Wildman–Crippen MR) is 39.8 cm³/mol. The van der Waals surface area contributed by atoms with Crippen LogP contribution in [0.2, 0.25) is 0 Å². The van der Waals surface area contributed by atoms with Gasteiger partial charge in [0.15, 0.2) is 0 Å². The van der Waals surface area contributed by atoms with Crippen molar-refractivity contribution >= 4 is 7.60 Å². The van der Waals surface area contributed by atoms with Gasteiger partial charge in [-0.15, -0.1) is 0 Å². The van der Waals surface area contributed by atoms with Gasteiger partial charge in [0, 0.05) is 6.04 Å². The summed E-state index contributed by atoms with van der Waals surface area (Å²) in [6.45, 7) is 3.23. The maximum Gasteiger partial charge on any atom is 0.328 e. The molecule has 0 aromatic carbocycles. The smallest absolute Gasteiger partial charge is 0.328 e. The van der Waals surface area contributed by atoms with Gasteiger partial charge in [0.25, 0.3) is 0 Å². The van der Waals surface area contributed by atoms with E-state index in [1.165, 1.54) is 6.92 Å². The van der Waals surface area contributed by atoms with E-state index in [1.807, 2.05) is 0 Å². The van der Waals surface area contributed by atoms with Crippen molar-refractivity contribution in [2.45, 2.75) is 32.0 Å². The summed E-state index contributed by atoms with van der Waals surface area (Å²) in [7, 11) is -3.89. The third kappa shape index (κ3) is 4.01. The van der Waals surface area contributed by atoms with Crippen molar-refractivity contribution in [1.29, 1.82) is 0 Å². The summed E-state index contributed by atoms with van der Waals surface area (Å²) in [4.78, 5) is 17.2. The monoisotopic (exact) mass is 167 g/mol. The lowest BCUT2D eigenvalue weighted by molar-refractivity contribution is 0.354. The molecule has 62 valence electrons. The molecule has 0 aliphatic carbocycles. The maximum atomic E-state index is 10.5. The zero-order chi connectivity index (χ0) is 8.36.